The Kier molecular flexibility index (Phi) is 3.88. The fourth-order valence-electron chi connectivity index (χ4n) is 2.57. The maximum atomic E-state index is 13.6. The molecule has 0 radical (unpaired) electrons. The van der Waals surface area contributed by atoms with Gasteiger partial charge >= 0.3 is 5.97 Å². The monoisotopic (exact) mass is 347 g/mol. The van der Waals surface area contributed by atoms with Crippen molar-refractivity contribution >= 4 is 27.2 Å². The van der Waals surface area contributed by atoms with Gasteiger partial charge in [-0.3, -0.25) is 0 Å². The average molecular weight is 347 g/mol. The predicted molar refractivity (Wildman–Crippen MR) is 87.0 cm³/mol. The number of methoxy groups -OCH3 is 1. The maximum absolute atomic E-state index is 13.6. The molecular weight excluding hydrogens is 333 g/mol. The van der Waals surface area contributed by atoms with Crippen LogP contribution in [-0.4, -0.2) is 21.5 Å². The predicted octanol–water partition coefficient (Wildman–Crippen LogP) is 3.07. The zero-order valence-electron chi connectivity index (χ0n) is 13.0. The first kappa shape index (κ1) is 16.2. The number of ether oxygens (including phenoxy) is 1. The Balaban J connectivity index is 2.33. The number of hydrogen-bond donors (Lipinski definition) is 0. The van der Waals surface area contributed by atoms with E-state index in [1.165, 1.54) is 18.3 Å². The Bertz CT molecular complexity index is 966. The molecule has 7 heteroatoms. The molecule has 0 fully saturated rings. The number of benzene rings is 2. The summed E-state index contributed by atoms with van der Waals surface area (Å²) in [5, 5.41) is 0. The van der Waals surface area contributed by atoms with Crippen LogP contribution in [0, 0.1) is 12.7 Å². The van der Waals surface area contributed by atoms with E-state index in [9.17, 15) is 17.6 Å². The summed E-state index contributed by atoms with van der Waals surface area (Å²) in [6.07, 6.45) is 1.21. The highest BCUT2D eigenvalue weighted by Gasteiger charge is 2.37. The number of sulfone groups is 1. The summed E-state index contributed by atoms with van der Waals surface area (Å²) in [5.74, 6) is -1.70. The summed E-state index contributed by atoms with van der Waals surface area (Å²) in [6.45, 7) is 1.85. The molecule has 0 saturated carbocycles. The molecule has 1 heterocycles. The van der Waals surface area contributed by atoms with E-state index in [-0.39, 0.29) is 10.6 Å². The lowest BCUT2D eigenvalue weighted by Gasteiger charge is -2.29. The zero-order chi connectivity index (χ0) is 17.5. The van der Waals surface area contributed by atoms with E-state index in [2.05, 4.69) is 4.74 Å². The molecule has 3 rings (SSSR count). The number of halogens is 1. The van der Waals surface area contributed by atoms with Crippen molar-refractivity contribution in [1.29, 1.82) is 0 Å². The van der Waals surface area contributed by atoms with Crippen LogP contribution in [-0.2, 0) is 19.4 Å². The van der Waals surface area contributed by atoms with E-state index in [1.807, 2.05) is 19.1 Å². The van der Waals surface area contributed by atoms with Crippen LogP contribution >= 0.6 is 0 Å². The number of carbonyl (C=O) groups excluding carboxylic acids is 1. The normalized spacial score (nSPS) is 15.5. The number of hydrogen-bond acceptors (Lipinski definition) is 5. The van der Waals surface area contributed by atoms with Gasteiger partial charge in [0.15, 0.2) is 4.91 Å². The molecule has 0 bridgehead atoms. The van der Waals surface area contributed by atoms with Crippen molar-refractivity contribution in [3.05, 3.63) is 65.0 Å². The van der Waals surface area contributed by atoms with Gasteiger partial charge in [0.25, 0.3) is 0 Å². The van der Waals surface area contributed by atoms with Crippen molar-refractivity contribution < 1.29 is 22.3 Å². The lowest BCUT2D eigenvalue weighted by atomic mass is 10.1. The van der Waals surface area contributed by atoms with Gasteiger partial charge in [-0.15, -0.1) is 0 Å². The summed E-state index contributed by atoms with van der Waals surface area (Å²) >= 11 is 0. The number of para-hydroxylation sites is 1. The smallest absolute Gasteiger partial charge is 0.351 e. The van der Waals surface area contributed by atoms with Crippen LogP contribution in [0.4, 0.5) is 15.8 Å². The highest BCUT2D eigenvalue weighted by atomic mass is 32.2. The first-order chi connectivity index (χ1) is 11.4. The molecule has 0 aliphatic carbocycles. The fraction of sp³-hybridized carbons (Fsp3) is 0.118. The molecule has 0 aromatic heterocycles. The van der Waals surface area contributed by atoms with Gasteiger partial charge in [0.1, 0.15) is 5.82 Å². The number of aryl methyl sites for hydroxylation is 1. The third-order valence-electron chi connectivity index (χ3n) is 3.77. The Hall–Kier alpha value is -2.67. The van der Waals surface area contributed by atoms with E-state index >= 15 is 0 Å². The minimum atomic E-state index is -4.17. The van der Waals surface area contributed by atoms with Crippen LogP contribution in [0.5, 0.6) is 0 Å². The molecule has 0 spiro atoms. The Morgan fingerprint density at radius 3 is 2.50 bits per heavy atom. The largest absolute Gasteiger partial charge is 0.465 e. The Morgan fingerprint density at radius 1 is 1.12 bits per heavy atom. The van der Waals surface area contributed by atoms with Crippen molar-refractivity contribution in [3.8, 4) is 0 Å². The third-order valence-corrected chi connectivity index (χ3v) is 5.53. The number of fused-ring (bicyclic) bond motifs is 1. The lowest BCUT2D eigenvalue weighted by Crippen LogP contribution is -2.26. The molecule has 2 aromatic carbocycles. The second-order valence-corrected chi connectivity index (χ2v) is 7.14. The third kappa shape index (κ3) is 2.46. The molecule has 2 aromatic rings. The van der Waals surface area contributed by atoms with Crippen molar-refractivity contribution in [2.24, 2.45) is 0 Å². The molecule has 0 atom stereocenters. The van der Waals surface area contributed by atoms with Crippen LogP contribution < -0.4 is 4.90 Å². The minimum absolute atomic E-state index is 0.270. The van der Waals surface area contributed by atoms with E-state index < -0.39 is 26.5 Å². The Labute approximate surface area is 138 Å². The summed E-state index contributed by atoms with van der Waals surface area (Å²) in [7, 11) is -3.07. The molecule has 0 saturated heterocycles. The summed E-state index contributed by atoms with van der Waals surface area (Å²) in [5.41, 5.74) is 1.83. The molecule has 124 valence electrons. The summed E-state index contributed by atoms with van der Waals surface area (Å²) < 4.78 is 43.5. The van der Waals surface area contributed by atoms with Gasteiger partial charge in [0.2, 0.25) is 9.84 Å². The highest BCUT2D eigenvalue weighted by molar-refractivity contribution is 7.96. The molecule has 1 aliphatic rings. The van der Waals surface area contributed by atoms with Gasteiger partial charge < -0.3 is 9.64 Å². The molecular formula is C17H14FNO4S. The molecule has 0 amide bonds. The van der Waals surface area contributed by atoms with Gasteiger partial charge in [-0.2, -0.15) is 0 Å². The molecule has 0 unspecified atom stereocenters. The second-order valence-electron chi connectivity index (χ2n) is 5.26. The van der Waals surface area contributed by atoms with Gasteiger partial charge in [0, 0.05) is 11.9 Å². The zero-order valence-corrected chi connectivity index (χ0v) is 13.8. The first-order valence-corrected chi connectivity index (χ1v) is 8.54. The minimum Gasteiger partial charge on any atom is -0.465 e. The van der Waals surface area contributed by atoms with E-state index in [1.54, 1.807) is 17.0 Å². The van der Waals surface area contributed by atoms with Gasteiger partial charge in [-0.05, 0) is 36.8 Å². The van der Waals surface area contributed by atoms with Crippen LogP contribution in [0.15, 0.2) is 58.5 Å². The van der Waals surface area contributed by atoms with Crippen LogP contribution in [0.25, 0.3) is 0 Å². The number of nitrogens with zero attached hydrogens (tertiary/aromatic N) is 1. The molecule has 1 aliphatic heterocycles. The topological polar surface area (TPSA) is 63.7 Å². The SMILES string of the molecule is COC(=O)C1=CN(c2ccccc2C)c2ccc(F)cc2S1(=O)=O. The summed E-state index contributed by atoms with van der Waals surface area (Å²) in [6, 6.07) is 10.7. The van der Waals surface area contributed by atoms with Crippen molar-refractivity contribution in [2.75, 3.05) is 12.0 Å². The quantitative estimate of drug-likeness (QED) is 0.781. The number of esters is 1. The lowest BCUT2D eigenvalue weighted by molar-refractivity contribution is -0.135. The van der Waals surface area contributed by atoms with Gasteiger partial charge in [-0.1, -0.05) is 18.2 Å². The molecule has 24 heavy (non-hydrogen) atoms. The number of anilines is 2. The fourth-order valence-corrected chi connectivity index (χ4v) is 4.07. The number of carbonyl (C=O) groups is 1. The molecule has 0 N–H and O–H groups in total. The first-order valence-electron chi connectivity index (χ1n) is 7.06. The van der Waals surface area contributed by atoms with Crippen LogP contribution in [0.1, 0.15) is 5.56 Å². The Morgan fingerprint density at radius 2 is 1.83 bits per heavy atom. The van der Waals surface area contributed by atoms with E-state index in [0.29, 0.717) is 5.69 Å². The second kappa shape index (κ2) is 5.76. The van der Waals surface area contributed by atoms with Crippen LogP contribution in [0.2, 0.25) is 0 Å². The van der Waals surface area contributed by atoms with Gasteiger partial charge in [-0.25, -0.2) is 17.6 Å². The van der Waals surface area contributed by atoms with E-state index in [4.69, 9.17) is 0 Å². The number of rotatable bonds is 2. The molecule has 5 nitrogen and oxygen atoms in total. The highest BCUT2D eigenvalue weighted by Crippen LogP contribution is 2.40. The van der Waals surface area contributed by atoms with E-state index in [0.717, 1.165) is 18.7 Å². The standard InChI is InChI=1S/C17H14FNO4S/c1-11-5-3-4-6-13(11)19-10-16(17(20)23-2)24(21,22)15-9-12(18)7-8-14(15)19/h3-10H,1-2H3. The van der Waals surface area contributed by atoms with Crippen LogP contribution in [0.3, 0.4) is 0 Å². The van der Waals surface area contributed by atoms with Crippen molar-refractivity contribution in [2.45, 2.75) is 11.8 Å². The van der Waals surface area contributed by atoms with Gasteiger partial charge in [0.05, 0.1) is 17.7 Å². The maximum Gasteiger partial charge on any atom is 0.351 e. The summed E-state index contributed by atoms with van der Waals surface area (Å²) in [4.78, 5) is 12.7. The van der Waals surface area contributed by atoms with Crippen molar-refractivity contribution in [1.82, 2.24) is 0 Å². The van der Waals surface area contributed by atoms with Crippen molar-refractivity contribution in [3.63, 3.8) is 0 Å². The average Bonchev–Trinajstić information content (AvgIpc) is 2.56.